The van der Waals surface area contributed by atoms with Crippen molar-refractivity contribution in [3.05, 3.63) is 75.7 Å². The van der Waals surface area contributed by atoms with E-state index < -0.39 is 0 Å². The van der Waals surface area contributed by atoms with Crippen molar-refractivity contribution in [3.8, 4) is 0 Å². The smallest absolute Gasteiger partial charge is 0.286 e. The zero-order chi connectivity index (χ0) is 19.1. The molecule has 0 radical (unpaired) electrons. The Hall–Kier alpha value is -3.06. The molecule has 0 aliphatic carbocycles. The van der Waals surface area contributed by atoms with E-state index in [1.54, 1.807) is 12.1 Å². The largest absolute Gasteiger partial charge is 0.352 e. The van der Waals surface area contributed by atoms with Crippen molar-refractivity contribution in [2.24, 2.45) is 0 Å². The van der Waals surface area contributed by atoms with Gasteiger partial charge in [0.25, 0.3) is 5.91 Å². The van der Waals surface area contributed by atoms with E-state index in [-0.39, 0.29) is 16.8 Å². The van der Waals surface area contributed by atoms with E-state index in [0.717, 1.165) is 11.1 Å². The van der Waals surface area contributed by atoms with Gasteiger partial charge in [0.1, 0.15) is 5.01 Å². The Morgan fingerprint density at radius 3 is 2.63 bits per heavy atom. The Morgan fingerprint density at radius 2 is 1.85 bits per heavy atom. The fourth-order valence-corrected chi connectivity index (χ4v) is 3.22. The van der Waals surface area contributed by atoms with Gasteiger partial charge >= 0.3 is 0 Å². The molecular weight excluding hydrogens is 360 g/mol. The van der Waals surface area contributed by atoms with Crippen LogP contribution in [0.2, 0.25) is 0 Å². The monoisotopic (exact) mass is 380 g/mol. The van der Waals surface area contributed by atoms with Gasteiger partial charge in [-0.15, -0.1) is 10.2 Å². The summed E-state index contributed by atoms with van der Waals surface area (Å²) in [5.41, 5.74) is 2.94. The molecule has 3 aromatic rings. The van der Waals surface area contributed by atoms with Gasteiger partial charge in [0, 0.05) is 25.1 Å². The van der Waals surface area contributed by atoms with Crippen molar-refractivity contribution in [1.29, 1.82) is 0 Å². The van der Waals surface area contributed by atoms with Crippen LogP contribution in [0.15, 0.2) is 54.6 Å². The van der Waals surface area contributed by atoms with Crippen LogP contribution in [-0.4, -0.2) is 22.0 Å². The lowest BCUT2D eigenvalue weighted by atomic mass is 10.1. The third-order valence-electron chi connectivity index (χ3n) is 3.83. The molecule has 6 nitrogen and oxygen atoms in total. The molecule has 0 unspecified atom stereocenters. The Bertz CT molecular complexity index is 924. The maximum absolute atomic E-state index is 12.2. The summed E-state index contributed by atoms with van der Waals surface area (Å²) in [5, 5.41) is 14.5. The molecule has 7 heteroatoms. The fourth-order valence-electron chi connectivity index (χ4n) is 2.48. The highest BCUT2D eigenvalue weighted by atomic mass is 32.1. The minimum absolute atomic E-state index is 0.0537. The molecule has 0 atom stereocenters. The van der Waals surface area contributed by atoms with Crippen molar-refractivity contribution in [1.82, 2.24) is 15.5 Å². The van der Waals surface area contributed by atoms with Crippen molar-refractivity contribution >= 4 is 28.8 Å². The molecular formula is C20H20N4O2S. The van der Waals surface area contributed by atoms with Crippen LogP contribution in [-0.2, 0) is 17.8 Å². The lowest BCUT2D eigenvalue weighted by Gasteiger charge is -2.05. The molecule has 0 aliphatic heterocycles. The number of benzene rings is 2. The lowest BCUT2D eigenvalue weighted by Crippen LogP contribution is -2.23. The molecule has 0 aliphatic rings. The maximum atomic E-state index is 12.2. The number of carbonyl (C=O) groups is 2. The van der Waals surface area contributed by atoms with Gasteiger partial charge in [-0.05, 0) is 24.6 Å². The first-order valence-corrected chi connectivity index (χ1v) is 9.43. The number of aromatic nitrogens is 2. The van der Waals surface area contributed by atoms with Crippen molar-refractivity contribution in [2.45, 2.75) is 26.3 Å². The normalized spacial score (nSPS) is 10.4. The van der Waals surface area contributed by atoms with E-state index in [2.05, 4.69) is 20.8 Å². The van der Waals surface area contributed by atoms with E-state index in [4.69, 9.17) is 0 Å². The van der Waals surface area contributed by atoms with Crippen LogP contribution in [0, 0.1) is 6.92 Å². The zero-order valence-corrected chi connectivity index (χ0v) is 15.8. The summed E-state index contributed by atoms with van der Waals surface area (Å²) in [6, 6.07) is 17.2. The first-order chi connectivity index (χ1) is 13.1. The maximum Gasteiger partial charge on any atom is 0.286 e. The van der Waals surface area contributed by atoms with Crippen LogP contribution in [0.4, 0.5) is 5.69 Å². The van der Waals surface area contributed by atoms with Gasteiger partial charge < -0.3 is 10.6 Å². The van der Waals surface area contributed by atoms with Crippen LogP contribution in [0.1, 0.15) is 32.4 Å². The molecule has 2 aromatic carbocycles. The number of nitrogens with zero attached hydrogens (tertiary/aromatic N) is 2. The molecule has 27 heavy (non-hydrogen) atoms. The number of hydrogen-bond donors (Lipinski definition) is 2. The highest BCUT2D eigenvalue weighted by molar-refractivity contribution is 7.13. The Balaban J connectivity index is 1.46. The van der Waals surface area contributed by atoms with Crippen molar-refractivity contribution < 1.29 is 9.59 Å². The van der Waals surface area contributed by atoms with E-state index in [9.17, 15) is 9.59 Å². The lowest BCUT2D eigenvalue weighted by molar-refractivity contribution is -0.121. The topological polar surface area (TPSA) is 84.0 Å². The average Bonchev–Trinajstić information content (AvgIpc) is 3.15. The van der Waals surface area contributed by atoms with E-state index in [1.807, 2.05) is 49.4 Å². The van der Waals surface area contributed by atoms with Gasteiger partial charge in [0.05, 0.1) is 0 Å². The quantitative estimate of drug-likeness (QED) is 0.658. The highest BCUT2D eigenvalue weighted by Crippen LogP contribution is 2.14. The Labute approximate surface area is 161 Å². The predicted molar refractivity (Wildman–Crippen MR) is 106 cm³/mol. The number of aryl methyl sites for hydroxylation is 2. The number of nitrogens with one attached hydrogen (secondary N) is 2. The molecule has 138 valence electrons. The number of carbonyl (C=O) groups excluding carboxylic acids is 2. The van der Waals surface area contributed by atoms with Crippen molar-refractivity contribution in [3.63, 3.8) is 0 Å². The minimum Gasteiger partial charge on any atom is -0.352 e. The molecule has 2 amide bonds. The first kappa shape index (κ1) is 18.7. The van der Waals surface area contributed by atoms with E-state index in [0.29, 0.717) is 30.1 Å². The van der Waals surface area contributed by atoms with E-state index in [1.165, 1.54) is 11.3 Å². The molecule has 0 saturated carbocycles. The zero-order valence-electron chi connectivity index (χ0n) is 14.9. The molecule has 3 rings (SSSR count). The molecule has 2 N–H and O–H groups in total. The molecule has 0 spiro atoms. The SMILES string of the molecule is Cc1cccc(CNC(=O)CCc2nnc(C(=O)Nc3ccccc3)s2)c1. The minimum atomic E-state index is -0.297. The standard InChI is InChI=1S/C20H20N4O2S/c1-14-6-5-7-15(12-14)13-21-17(25)10-11-18-23-24-20(27-18)19(26)22-16-8-3-2-4-9-16/h2-9,12H,10-11,13H2,1H3,(H,21,25)(H,22,26). The molecule has 1 heterocycles. The highest BCUT2D eigenvalue weighted by Gasteiger charge is 2.14. The first-order valence-electron chi connectivity index (χ1n) is 8.61. The van der Waals surface area contributed by atoms with Gasteiger partial charge in [-0.2, -0.15) is 0 Å². The van der Waals surface area contributed by atoms with Crippen molar-refractivity contribution in [2.75, 3.05) is 5.32 Å². The summed E-state index contributed by atoms with van der Waals surface area (Å²) in [6.45, 7) is 2.52. The number of rotatable bonds is 7. The summed E-state index contributed by atoms with van der Waals surface area (Å²) >= 11 is 1.20. The number of hydrogen-bond acceptors (Lipinski definition) is 5. The molecule has 0 fully saturated rings. The summed E-state index contributed by atoms with van der Waals surface area (Å²) in [5.74, 6) is -0.351. The number of amides is 2. The van der Waals surface area contributed by atoms with Gasteiger partial charge in [0.2, 0.25) is 10.9 Å². The second-order valence-electron chi connectivity index (χ2n) is 6.09. The van der Waals surface area contributed by atoms with Crippen LogP contribution >= 0.6 is 11.3 Å². The molecule has 0 bridgehead atoms. The fraction of sp³-hybridized carbons (Fsp3) is 0.200. The second-order valence-corrected chi connectivity index (χ2v) is 7.15. The third-order valence-corrected chi connectivity index (χ3v) is 4.81. The third kappa shape index (κ3) is 5.72. The van der Waals surface area contributed by atoms with Gasteiger partial charge in [-0.1, -0.05) is 59.4 Å². The van der Waals surface area contributed by atoms with Crippen LogP contribution in [0.3, 0.4) is 0 Å². The molecule has 1 aromatic heterocycles. The summed E-state index contributed by atoms with van der Waals surface area (Å²) in [4.78, 5) is 24.2. The van der Waals surface area contributed by atoms with Gasteiger partial charge in [-0.25, -0.2) is 0 Å². The van der Waals surface area contributed by atoms with Crippen LogP contribution in [0.5, 0.6) is 0 Å². The number of anilines is 1. The molecule has 0 saturated heterocycles. The second kappa shape index (κ2) is 9.05. The van der Waals surface area contributed by atoms with E-state index >= 15 is 0 Å². The predicted octanol–water partition coefficient (Wildman–Crippen LogP) is 3.35. The van der Waals surface area contributed by atoms with Gasteiger partial charge in [0.15, 0.2) is 0 Å². The summed E-state index contributed by atoms with van der Waals surface area (Å²) in [7, 11) is 0. The average molecular weight is 380 g/mol. The van der Waals surface area contributed by atoms with Crippen LogP contribution in [0.25, 0.3) is 0 Å². The van der Waals surface area contributed by atoms with Gasteiger partial charge in [-0.3, -0.25) is 9.59 Å². The number of para-hydroxylation sites is 1. The van der Waals surface area contributed by atoms with Crippen LogP contribution < -0.4 is 10.6 Å². The summed E-state index contributed by atoms with van der Waals surface area (Å²) in [6.07, 6.45) is 0.761. The summed E-state index contributed by atoms with van der Waals surface area (Å²) < 4.78 is 0. The Kier molecular flexibility index (Phi) is 6.27. The Morgan fingerprint density at radius 1 is 1.04 bits per heavy atom.